The third-order valence-corrected chi connectivity index (χ3v) is 5.97. The van der Waals surface area contributed by atoms with E-state index in [1.165, 1.54) is 6.07 Å². The molecule has 2 aromatic carbocycles. The Kier molecular flexibility index (Phi) is 5.67. The Balaban J connectivity index is 2.04. The summed E-state index contributed by atoms with van der Waals surface area (Å²) in [7, 11) is 3.18. The van der Waals surface area contributed by atoms with E-state index in [1.807, 2.05) is 19.1 Å². The van der Waals surface area contributed by atoms with Gasteiger partial charge >= 0.3 is 5.97 Å². The van der Waals surface area contributed by atoms with Crippen molar-refractivity contribution < 1.29 is 23.4 Å². The van der Waals surface area contributed by atoms with Gasteiger partial charge in [0.25, 0.3) is 0 Å². The average molecular weight is 444 g/mol. The summed E-state index contributed by atoms with van der Waals surface area (Å²) in [5.41, 5.74) is 5.38. The molecule has 1 aliphatic heterocycles. The van der Waals surface area contributed by atoms with Gasteiger partial charge in [-0.2, -0.15) is 0 Å². The number of halogens is 2. The molecule has 0 aliphatic carbocycles. The lowest BCUT2D eigenvalue weighted by Crippen LogP contribution is -2.15. The monoisotopic (exact) mass is 443 g/mol. The molecule has 5 nitrogen and oxygen atoms in total. The maximum atomic E-state index is 13.8. The van der Waals surface area contributed by atoms with E-state index in [4.69, 9.17) is 25.8 Å². The molecule has 0 saturated carbocycles. The van der Waals surface area contributed by atoms with E-state index in [2.05, 4.69) is 4.57 Å². The van der Waals surface area contributed by atoms with Gasteiger partial charge < -0.3 is 18.8 Å². The van der Waals surface area contributed by atoms with Crippen LogP contribution in [0.25, 0.3) is 22.4 Å². The molecule has 2 heterocycles. The second kappa shape index (κ2) is 8.27. The van der Waals surface area contributed by atoms with Crippen LogP contribution in [0.1, 0.15) is 28.5 Å². The van der Waals surface area contributed by atoms with E-state index in [9.17, 15) is 9.18 Å². The SMILES string of the molecule is CCOC(=O)c1c(-c2ccc(F)c(Cl)c2)c(C)n2c1-c1cc(OC)c(OC)cc1CC2. The third-order valence-electron chi connectivity index (χ3n) is 5.68. The van der Waals surface area contributed by atoms with Crippen LogP contribution in [0.2, 0.25) is 5.02 Å². The highest BCUT2D eigenvalue weighted by Crippen LogP contribution is 2.45. The molecule has 1 aliphatic rings. The Bertz CT molecular complexity index is 1190. The van der Waals surface area contributed by atoms with Crippen LogP contribution in [0.3, 0.4) is 0 Å². The number of hydrogen-bond donors (Lipinski definition) is 0. The first kappa shape index (κ1) is 21.2. The summed E-state index contributed by atoms with van der Waals surface area (Å²) < 4.78 is 32.3. The van der Waals surface area contributed by atoms with Crippen LogP contribution < -0.4 is 9.47 Å². The van der Waals surface area contributed by atoms with E-state index in [-0.39, 0.29) is 11.6 Å². The van der Waals surface area contributed by atoms with Crippen LogP contribution in [-0.4, -0.2) is 31.4 Å². The predicted molar refractivity (Wildman–Crippen MR) is 118 cm³/mol. The first-order valence-electron chi connectivity index (χ1n) is 10.0. The first-order chi connectivity index (χ1) is 14.9. The van der Waals surface area contributed by atoms with Gasteiger partial charge in [0.2, 0.25) is 0 Å². The zero-order valence-corrected chi connectivity index (χ0v) is 18.6. The summed E-state index contributed by atoms with van der Waals surface area (Å²) in [6.45, 7) is 4.64. The summed E-state index contributed by atoms with van der Waals surface area (Å²) in [6, 6.07) is 8.33. The molecule has 0 unspecified atom stereocenters. The molecule has 0 saturated heterocycles. The van der Waals surface area contributed by atoms with E-state index < -0.39 is 11.8 Å². The molecule has 7 heteroatoms. The standard InChI is InChI=1S/C24H23ClFNO4/c1-5-31-24(28)22-21(15-6-7-18(26)17(25)10-15)13(2)27-9-8-14-11-19(29-3)20(30-4)12-16(14)23(22)27/h6-7,10-12H,5,8-9H2,1-4H3. The van der Waals surface area contributed by atoms with E-state index >= 15 is 0 Å². The van der Waals surface area contributed by atoms with Gasteiger partial charge in [0, 0.05) is 23.4 Å². The summed E-state index contributed by atoms with van der Waals surface area (Å²) in [5.74, 6) is 0.278. The topological polar surface area (TPSA) is 49.7 Å². The van der Waals surface area contributed by atoms with Crippen molar-refractivity contribution in [1.82, 2.24) is 4.57 Å². The Labute approximate surface area is 185 Å². The molecule has 0 bridgehead atoms. The Morgan fingerprint density at radius 1 is 1.16 bits per heavy atom. The van der Waals surface area contributed by atoms with Crippen molar-refractivity contribution in [2.75, 3.05) is 20.8 Å². The predicted octanol–water partition coefficient (Wildman–Crippen LogP) is 5.67. The number of aryl methyl sites for hydroxylation is 1. The summed E-state index contributed by atoms with van der Waals surface area (Å²) >= 11 is 6.06. The molecular formula is C24H23ClFNO4. The highest BCUT2D eigenvalue weighted by molar-refractivity contribution is 6.31. The molecule has 31 heavy (non-hydrogen) atoms. The smallest absolute Gasteiger partial charge is 0.340 e. The second-order valence-electron chi connectivity index (χ2n) is 7.30. The average Bonchev–Trinajstić information content (AvgIpc) is 3.07. The maximum absolute atomic E-state index is 13.8. The first-order valence-corrected chi connectivity index (χ1v) is 10.4. The van der Waals surface area contributed by atoms with Crippen molar-refractivity contribution >= 4 is 17.6 Å². The number of rotatable bonds is 5. The molecule has 0 radical (unpaired) electrons. The summed E-state index contributed by atoms with van der Waals surface area (Å²) in [6.07, 6.45) is 0.768. The highest BCUT2D eigenvalue weighted by atomic mass is 35.5. The van der Waals surface area contributed by atoms with Crippen molar-refractivity contribution in [1.29, 1.82) is 0 Å². The highest BCUT2D eigenvalue weighted by Gasteiger charge is 2.32. The van der Waals surface area contributed by atoms with E-state index in [1.54, 1.807) is 33.3 Å². The fourth-order valence-electron chi connectivity index (χ4n) is 4.28. The Morgan fingerprint density at radius 3 is 2.52 bits per heavy atom. The van der Waals surface area contributed by atoms with Gasteiger partial charge in [-0.25, -0.2) is 9.18 Å². The lowest BCUT2D eigenvalue weighted by atomic mass is 9.93. The number of benzene rings is 2. The van der Waals surface area contributed by atoms with Gasteiger partial charge in [-0.05, 0) is 55.7 Å². The van der Waals surface area contributed by atoms with Gasteiger partial charge in [0.15, 0.2) is 11.5 Å². The van der Waals surface area contributed by atoms with Gasteiger partial charge in [-0.1, -0.05) is 17.7 Å². The third kappa shape index (κ3) is 3.45. The minimum Gasteiger partial charge on any atom is -0.493 e. The Morgan fingerprint density at radius 2 is 1.87 bits per heavy atom. The van der Waals surface area contributed by atoms with Crippen LogP contribution in [0.4, 0.5) is 4.39 Å². The number of nitrogens with zero attached hydrogens (tertiary/aromatic N) is 1. The largest absolute Gasteiger partial charge is 0.493 e. The van der Waals surface area contributed by atoms with Crippen molar-refractivity contribution in [3.05, 3.63) is 58.0 Å². The van der Waals surface area contributed by atoms with Crippen LogP contribution in [-0.2, 0) is 17.7 Å². The molecule has 4 rings (SSSR count). The zero-order valence-electron chi connectivity index (χ0n) is 17.8. The fraction of sp³-hybridized carbons (Fsp3) is 0.292. The van der Waals surface area contributed by atoms with Gasteiger partial charge in [0.05, 0.1) is 37.1 Å². The van der Waals surface area contributed by atoms with Crippen molar-refractivity contribution in [3.8, 4) is 33.9 Å². The molecule has 0 fully saturated rings. The van der Waals surface area contributed by atoms with Gasteiger partial charge in [0.1, 0.15) is 5.82 Å². The minimum absolute atomic E-state index is 0.00249. The maximum Gasteiger partial charge on any atom is 0.340 e. The van der Waals surface area contributed by atoms with Crippen molar-refractivity contribution in [3.63, 3.8) is 0 Å². The lowest BCUT2D eigenvalue weighted by molar-refractivity contribution is 0.0528. The van der Waals surface area contributed by atoms with E-state index in [0.29, 0.717) is 34.7 Å². The molecule has 0 atom stereocenters. The number of carbonyl (C=O) groups is 1. The molecule has 0 amide bonds. The van der Waals surface area contributed by atoms with Crippen molar-refractivity contribution in [2.24, 2.45) is 0 Å². The lowest BCUT2D eigenvalue weighted by Gasteiger charge is -2.23. The number of fused-ring (bicyclic) bond motifs is 3. The fourth-order valence-corrected chi connectivity index (χ4v) is 4.46. The number of carbonyl (C=O) groups excluding carboxylic acids is 1. The molecule has 0 spiro atoms. The van der Waals surface area contributed by atoms with Crippen LogP contribution in [0, 0.1) is 12.7 Å². The van der Waals surface area contributed by atoms with Crippen molar-refractivity contribution in [2.45, 2.75) is 26.8 Å². The van der Waals surface area contributed by atoms with Gasteiger partial charge in [-0.15, -0.1) is 0 Å². The van der Waals surface area contributed by atoms with Gasteiger partial charge in [-0.3, -0.25) is 0 Å². The normalized spacial score (nSPS) is 12.2. The summed E-state index contributed by atoms with van der Waals surface area (Å²) in [5, 5.41) is 0.00249. The minimum atomic E-state index is -0.507. The quantitative estimate of drug-likeness (QED) is 0.476. The van der Waals surface area contributed by atoms with Crippen LogP contribution in [0.5, 0.6) is 11.5 Å². The number of esters is 1. The Hall–Kier alpha value is -2.99. The molecule has 1 aromatic heterocycles. The molecular weight excluding hydrogens is 421 g/mol. The number of aromatic nitrogens is 1. The van der Waals surface area contributed by atoms with Crippen LogP contribution in [0.15, 0.2) is 30.3 Å². The number of ether oxygens (including phenoxy) is 3. The number of hydrogen-bond acceptors (Lipinski definition) is 4. The molecule has 0 N–H and O–H groups in total. The molecule has 3 aromatic rings. The zero-order chi connectivity index (χ0) is 22.3. The van der Waals surface area contributed by atoms with E-state index in [0.717, 1.165) is 28.9 Å². The number of methoxy groups -OCH3 is 2. The summed E-state index contributed by atoms with van der Waals surface area (Å²) in [4.78, 5) is 13.2. The second-order valence-corrected chi connectivity index (χ2v) is 7.71. The van der Waals surface area contributed by atoms with Crippen LogP contribution >= 0.6 is 11.6 Å². The molecule has 162 valence electrons.